The fraction of sp³-hybridized carbons (Fsp3) is 0. The van der Waals surface area contributed by atoms with Gasteiger partial charge in [0.05, 0.1) is 0 Å². The maximum atomic E-state index is 2.33. The van der Waals surface area contributed by atoms with Crippen LogP contribution in [-0.2, 0) is 0 Å². The predicted octanol–water partition coefficient (Wildman–Crippen LogP) is 31.8. The van der Waals surface area contributed by atoms with Crippen molar-refractivity contribution in [3.63, 3.8) is 0 Å². The molecule has 0 amide bonds. The lowest BCUT2D eigenvalue weighted by Crippen LogP contribution is -2.14. The van der Waals surface area contributed by atoms with E-state index < -0.39 is 0 Å². The molecule has 0 aromatic heterocycles. The van der Waals surface area contributed by atoms with Crippen LogP contribution in [0.3, 0.4) is 0 Å². The molecule has 0 unspecified atom stereocenters. The van der Waals surface area contributed by atoms with E-state index >= 15 is 0 Å². The molecule has 19 rings (SSSR count). The molecule has 0 spiro atoms. The average Bonchev–Trinajstić information content (AvgIpc) is 0.786. The lowest BCUT2D eigenvalue weighted by atomic mass is 10.1. The van der Waals surface area contributed by atoms with Gasteiger partial charge < -0.3 is 39.2 Å². The molecule has 8 nitrogen and oxygen atoms in total. The van der Waals surface area contributed by atoms with E-state index in [1.165, 1.54) is 21.5 Å². The number of fused-ring (bicyclic) bond motifs is 2. The number of benzene rings is 19. The second-order valence-electron chi connectivity index (χ2n) is 29.0. The number of nitrogens with zero attached hydrogens (tertiary/aromatic N) is 8. The van der Waals surface area contributed by atoms with E-state index in [-0.39, 0.29) is 0 Å². The summed E-state index contributed by atoms with van der Waals surface area (Å²) in [6.45, 7) is 0. The summed E-state index contributed by atoms with van der Waals surface area (Å²) in [5.41, 5.74) is 25.2. The zero-order valence-electron chi connectivity index (χ0n) is 64.9. The minimum Gasteiger partial charge on any atom is -0.311 e. The molecule has 0 fully saturated rings. The first-order valence-electron chi connectivity index (χ1n) is 40.0. The third kappa shape index (κ3) is 15.2. The Morgan fingerprint density at radius 1 is 0.0763 bits per heavy atom. The fourth-order valence-electron chi connectivity index (χ4n) is 16.1. The van der Waals surface area contributed by atoms with Gasteiger partial charge >= 0.3 is 0 Å². The van der Waals surface area contributed by atoms with E-state index in [2.05, 4.69) is 537 Å². The van der Waals surface area contributed by atoms with Crippen LogP contribution in [0.4, 0.5) is 136 Å². The highest BCUT2D eigenvalue weighted by Crippen LogP contribution is 2.48. The summed E-state index contributed by atoms with van der Waals surface area (Å²) in [7, 11) is 0. The van der Waals surface area contributed by atoms with E-state index in [1.54, 1.807) is 0 Å². The summed E-state index contributed by atoms with van der Waals surface area (Å²) in [6, 6.07) is 178. The molecule has 0 aliphatic carbocycles. The maximum Gasteiger partial charge on any atom is 0.0468 e. The van der Waals surface area contributed by atoms with Crippen LogP contribution in [-0.4, -0.2) is 0 Å². The minimum atomic E-state index is 1.02. The summed E-state index contributed by atoms with van der Waals surface area (Å²) in [5.74, 6) is 0. The Bertz CT molecular complexity index is 6100. The molecule has 0 saturated heterocycles. The summed E-state index contributed by atoms with van der Waals surface area (Å²) in [6.07, 6.45) is 0. The van der Waals surface area contributed by atoms with E-state index in [4.69, 9.17) is 0 Å². The van der Waals surface area contributed by atoms with Crippen LogP contribution >= 0.6 is 0 Å². The number of hydrogen-bond donors (Lipinski definition) is 0. The molecule has 8 heteroatoms. The summed E-state index contributed by atoms with van der Waals surface area (Å²) in [4.78, 5) is 18.6. The molecule has 0 heterocycles. The van der Waals surface area contributed by atoms with Gasteiger partial charge in [0.2, 0.25) is 0 Å². The molecule has 0 radical (unpaired) electrons. The molecular weight excluding hydrogens is 1430 g/mol. The Labute approximate surface area is 690 Å². The first-order valence-corrected chi connectivity index (χ1v) is 40.0. The van der Waals surface area contributed by atoms with Crippen molar-refractivity contribution in [3.05, 3.63) is 497 Å². The quantitative estimate of drug-likeness (QED) is 0.0591. The minimum absolute atomic E-state index is 1.02. The van der Waals surface area contributed by atoms with Crippen molar-refractivity contribution >= 4 is 158 Å². The van der Waals surface area contributed by atoms with E-state index in [1.807, 2.05) is 0 Å². The first kappa shape index (κ1) is 72.4. The molecule has 0 saturated carbocycles. The largest absolute Gasteiger partial charge is 0.311 e. The second-order valence-corrected chi connectivity index (χ2v) is 29.0. The van der Waals surface area contributed by atoms with Crippen LogP contribution in [0.1, 0.15) is 0 Å². The van der Waals surface area contributed by atoms with Gasteiger partial charge in [-0.15, -0.1) is 0 Å². The van der Waals surface area contributed by atoms with E-state index in [0.29, 0.717) is 0 Å². The Morgan fingerprint density at radius 2 is 0.178 bits per heavy atom. The molecule has 19 aromatic carbocycles. The molecule has 0 aliphatic rings. The molecule has 118 heavy (non-hydrogen) atoms. The van der Waals surface area contributed by atoms with Crippen LogP contribution in [0.2, 0.25) is 0 Å². The SMILES string of the molecule is c1ccc(N(c2ccc(N(c3ccccc3)c3ccc(N(c4ccccc4)c4ccc(N(c5ccccc5)c5ccc(N(c6ccccc6)c6ccc7ccccc7c6)cc5)cc4)cc3)cc2)c2ccc(N(c3ccccc3)c3ccc(N(c4ccccc4)c4ccc(N(c5ccccc5)c5ccc6ccccc6c5)cc4)cc3)cc2)cc1. The maximum absolute atomic E-state index is 2.33. The average molecular weight is 1520 g/mol. The third-order valence-electron chi connectivity index (χ3n) is 21.7. The lowest BCUT2D eigenvalue weighted by Gasteiger charge is -2.30. The Hall–Kier alpha value is -15.9. The molecule has 0 atom stereocenters. The summed E-state index contributed by atoms with van der Waals surface area (Å²) in [5, 5.41) is 4.82. The molecule has 0 N–H and O–H groups in total. The smallest absolute Gasteiger partial charge is 0.0468 e. The van der Waals surface area contributed by atoms with Gasteiger partial charge in [-0.05, 0) is 313 Å². The van der Waals surface area contributed by atoms with Crippen LogP contribution in [0.25, 0.3) is 21.5 Å². The molecule has 562 valence electrons. The Morgan fingerprint density at radius 3 is 0.322 bits per heavy atom. The van der Waals surface area contributed by atoms with Gasteiger partial charge in [-0.25, -0.2) is 0 Å². The van der Waals surface area contributed by atoms with Gasteiger partial charge in [0.25, 0.3) is 0 Å². The molecule has 19 aromatic rings. The zero-order chi connectivity index (χ0) is 78.8. The van der Waals surface area contributed by atoms with Crippen molar-refractivity contribution in [3.8, 4) is 0 Å². The molecule has 0 bridgehead atoms. The summed E-state index contributed by atoms with van der Waals surface area (Å²) >= 11 is 0. The zero-order valence-corrected chi connectivity index (χ0v) is 64.9. The summed E-state index contributed by atoms with van der Waals surface area (Å²) < 4.78 is 0. The van der Waals surface area contributed by atoms with Crippen LogP contribution in [0.15, 0.2) is 497 Å². The first-order chi connectivity index (χ1) is 58.5. The standard InChI is InChI=1S/C110H82N8/c1-9-33-87(34-10-1)111(97-57-61-99(62-58-97)113(89-37-13-3-14-38-89)101-65-69-103(70-66-101)115(91-41-17-5-18-42-91)105-73-77-107(78-74-105)117(93-45-21-7-22-46-93)109-51-49-83-29-25-27-31-85(83)81-109)95-53-55-96(56-54-95)112(88-35-11-2-12-36-88)98-59-63-100(64-60-98)114(90-39-15-4-16-40-90)102-67-71-104(72-68-102)116(92-43-19-6-20-44-92)106-75-79-108(80-76-106)118(94-47-23-8-24-48-94)110-52-50-84-30-26-28-32-86(84)82-110/h1-82H. The van der Waals surface area contributed by atoms with E-state index in [9.17, 15) is 0 Å². The van der Waals surface area contributed by atoms with Crippen LogP contribution in [0.5, 0.6) is 0 Å². The monoisotopic (exact) mass is 1510 g/mol. The number of rotatable bonds is 24. The normalized spacial score (nSPS) is 11.1. The topological polar surface area (TPSA) is 25.9 Å². The van der Waals surface area contributed by atoms with Crippen molar-refractivity contribution in [2.24, 2.45) is 0 Å². The van der Waals surface area contributed by atoms with Gasteiger partial charge in [-0.2, -0.15) is 0 Å². The van der Waals surface area contributed by atoms with Gasteiger partial charge in [0, 0.05) is 136 Å². The fourth-order valence-corrected chi connectivity index (χ4v) is 16.1. The molecule has 0 aliphatic heterocycles. The highest BCUT2D eigenvalue weighted by molar-refractivity contribution is 5.94. The van der Waals surface area contributed by atoms with Gasteiger partial charge in [-0.1, -0.05) is 206 Å². The number of hydrogen-bond acceptors (Lipinski definition) is 8. The number of anilines is 24. The van der Waals surface area contributed by atoms with Crippen molar-refractivity contribution in [1.82, 2.24) is 0 Å². The highest BCUT2D eigenvalue weighted by Gasteiger charge is 2.24. The van der Waals surface area contributed by atoms with Crippen molar-refractivity contribution < 1.29 is 0 Å². The van der Waals surface area contributed by atoms with Crippen LogP contribution < -0.4 is 39.2 Å². The van der Waals surface area contributed by atoms with Gasteiger partial charge in [0.15, 0.2) is 0 Å². The predicted molar refractivity (Wildman–Crippen MR) is 499 cm³/mol. The third-order valence-corrected chi connectivity index (χ3v) is 21.7. The van der Waals surface area contributed by atoms with Crippen molar-refractivity contribution in [2.45, 2.75) is 0 Å². The number of para-hydroxylation sites is 8. The highest BCUT2D eigenvalue weighted by atomic mass is 15.2. The van der Waals surface area contributed by atoms with Crippen molar-refractivity contribution in [2.75, 3.05) is 39.2 Å². The Balaban J connectivity index is 0.599. The van der Waals surface area contributed by atoms with Gasteiger partial charge in [0.1, 0.15) is 0 Å². The lowest BCUT2D eigenvalue weighted by molar-refractivity contribution is 1.23. The second kappa shape index (κ2) is 33.4. The van der Waals surface area contributed by atoms with Crippen LogP contribution in [0, 0.1) is 0 Å². The Kier molecular flexibility index (Phi) is 20.5. The van der Waals surface area contributed by atoms with Crippen molar-refractivity contribution in [1.29, 1.82) is 0 Å². The van der Waals surface area contributed by atoms with E-state index in [0.717, 1.165) is 136 Å². The molecular formula is C110H82N8. The van der Waals surface area contributed by atoms with Gasteiger partial charge in [-0.3, -0.25) is 0 Å².